The molecule has 192 valence electrons. The molecule has 0 unspecified atom stereocenters. The maximum Gasteiger partial charge on any atom is 0.230 e. The van der Waals surface area contributed by atoms with Crippen LogP contribution in [0.1, 0.15) is 45.8 Å². The topological polar surface area (TPSA) is 134 Å². The number of nitrogens with one attached hydrogen (secondary N) is 2. The zero-order chi connectivity index (χ0) is 26.7. The van der Waals surface area contributed by atoms with Gasteiger partial charge in [0.05, 0.1) is 30.2 Å². The van der Waals surface area contributed by atoms with E-state index in [1.54, 1.807) is 24.3 Å². The molecule has 0 spiro atoms. The zero-order valence-electron chi connectivity index (χ0n) is 21.0. The number of hydrogen-bond donors (Lipinski definition) is 2. The van der Waals surface area contributed by atoms with Gasteiger partial charge in [-0.25, -0.2) is 0 Å². The van der Waals surface area contributed by atoms with Crippen molar-refractivity contribution in [2.24, 2.45) is 0 Å². The molecule has 2 aromatic carbocycles. The molecule has 0 aliphatic carbocycles. The third-order valence-corrected chi connectivity index (χ3v) is 6.54. The molecule has 4 aromatic rings. The quantitative estimate of drug-likeness (QED) is 0.277. The summed E-state index contributed by atoms with van der Waals surface area (Å²) < 4.78 is 0. The third-order valence-electron chi connectivity index (χ3n) is 5.64. The molecule has 4 rings (SSSR count). The second kappa shape index (κ2) is 13.2. The Balaban J connectivity index is 1.16. The van der Waals surface area contributed by atoms with Crippen LogP contribution in [0.4, 0.5) is 10.9 Å². The van der Waals surface area contributed by atoms with Crippen molar-refractivity contribution < 1.29 is 9.59 Å². The fourth-order valence-corrected chi connectivity index (χ4v) is 4.64. The minimum atomic E-state index is -0.198. The summed E-state index contributed by atoms with van der Waals surface area (Å²) in [5, 5.41) is 32.4. The van der Waals surface area contributed by atoms with E-state index in [1.807, 2.05) is 43.3 Å². The lowest BCUT2D eigenvalue weighted by atomic mass is 10.1. The van der Waals surface area contributed by atoms with Gasteiger partial charge in [0.25, 0.3) is 0 Å². The number of unbranched alkanes of at least 4 members (excludes halogenated alkanes) is 1. The van der Waals surface area contributed by atoms with Gasteiger partial charge in [0.1, 0.15) is 5.01 Å². The Bertz CT molecular complexity index is 1440. The van der Waals surface area contributed by atoms with Gasteiger partial charge in [-0.05, 0) is 61.6 Å². The first-order valence-corrected chi connectivity index (χ1v) is 13.1. The van der Waals surface area contributed by atoms with Gasteiger partial charge in [-0.2, -0.15) is 10.4 Å². The summed E-state index contributed by atoms with van der Waals surface area (Å²) in [6.45, 7) is 2.00. The average molecular weight is 526 g/mol. The summed E-state index contributed by atoms with van der Waals surface area (Å²) >= 11 is 1.36. The summed E-state index contributed by atoms with van der Waals surface area (Å²) in [4.78, 5) is 24.6. The normalized spacial score (nSPS) is 10.5. The lowest BCUT2D eigenvalue weighted by molar-refractivity contribution is -0.116. The molecular weight excluding hydrogens is 498 g/mol. The van der Waals surface area contributed by atoms with Crippen LogP contribution in [0.2, 0.25) is 0 Å². The van der Waals surface area contributed by atoms with Gasteiger partial charge in [-0.3, -0.25) is 9.59 Å². The van der Waals surface area contributed by atoms with Gasteiger partial charge in [0.15, 0.2) is 5.82 Å². The van der Waals surface area contributed by atoms with E-state index in [2.05, 4.69) is 37.1 Å². The van der Waals surface area contributed by atoms with Crippen LogP contribution in [0.5, 0.6) is 0 Å². The van der Waals surface area contributed by atoms with Gasteiger partial charge in [-0.15, -0.1) is 15.3 Å². The number of carbonyl (C=O) groups is 2. The molecule has 0 aliphatic rings. The largest absolute Gasteiger partial charge is 0.309 e. The van der Waals surface area contributed by atoms with Crippen molar-refractivity contribution in [1.82, 2.24) is 20.4 Å². The maximum atomic E-state index is 12.3. The molecule has 0 saturated heterocycles. The van der Waals surface area contributed by atoms with Crippen LogP contribution >= 0.6 is 11.3 Å². The van der Waals surface area contributed by atoms with E-state index in [-0.39, 0.29) is 18.2 Å². The second-order valence-corrected chi connectivity index (χ2v) is 9.93. The van der Waals surface area contributed by atoms with Crippen molar-refractivity contribution in [3.63, 3.8) is 0 Å². The molecule has 38 heavy (non-hydrogen) atoms. The standard InChI is InChI=1S/C28H27N7O2S/c1-19-6-4-7-20(14-19)16-25(36)30-24-13-12-23(32-33-24)10-2-3-11-27-34-35-28(38-27)31-26(37)17-21-8-5-9-22(15-21)18-29/h4-9,12-15H,2-3,10-11,16-17H2,1H3,(H,30,33,36)(H,31,35,37). The number of benzene rings is 2. The minimum Gasteiger partial charge on any atom is -0.309 e. The number of hydrogen-bond acceptors (Lipinski definition) is 8. The number of amides is 2. The van der Waals surface area contributed by atoms with Crippen LogP contribution < -0.4 is 10.6 Å². The minimum absolute atomic E-state index is 0.126. The summed E-state index contributed by atoms with van der Waals surface area (Å²) in [5.74, 6) is 0.113. The number of rotatable bonds is 11. The molecular formula is C28H27N7O2S. The van der Waals surface area contributed by atoms with Crippen molar-refractivity contribution in [1.29, 1.82) is 5.26 Å². The van der Waals surface area contributed by atoms with E-state index in [0.717, 1.165) is 53.1 Å². The van der Waals surface area contributed by atoms with Gasteiger partial charge < -0.3 is 10.6 Å². The van der Waals surface area contributed by atoms with E-state index >= 15 is 0 Å². The van der Waals surface area contributed by atoms with Crippen molar-refractivity contribution >= 4 is 34.1 Å². The highest BCUT2D eigenvalue weighted by Gasteiger charge is 2.10. The average Bonchev–Trinajstić information content (AvgIpc) is 3.34. The molecule has 2 N–H and O–H groups in total. The fourth-order valence-electron chi connectivity index (χ4n) is 3.84. The molecule has 10 heteroatoms. The lowest BCUT2D eigenvalue weighted by Gasteiger charge is -2.05. The summed E-state index contributed by atoms with van der Waals surface area (Å²) in [7, 11) is 0. The van der Waals surface area contributed by atoms with Crippen LogP contribution in [0.15, 0.2) is 60.7 Å². The van der Waals surface area contributed by atoms with E-state index in [9.17, 15) is 9.59 Å². The van der Waals surface area contributed by atoms with Gasteiger partial charge >= 0.3 is 0 Å². The number of aromatic nitrogens is 4. The summed E-state index contributed by atoms with van der Waals surface area (Å²) in [5.41, 5.74) is 4.23. The molecule has 9 nitrogen and oxygen atoms in total. The third kappa shape index (κ3) is 8.28. The predicted molar refractivity (Wildman–Crippen MR) is 146 cm³/mol. The first kappa shape index (κ1) is 26.6. The first-order valence-electron chi connectivity index (χ1n) is 12.3. The Morgan fingerprint density at radius 1 is 0.842 bits per heavy atom. The van der Waals surface area contributed by atoms with Gasteiger partial charge in [0, 0.05) is 6.42 Å². The fraction of sp³-hybridized carbons (Fsp3) is 0.250. The number of nitrogens with zero attached hydrogens (tertiary/aromatic N) is 5. The number of anilines is 2. The highest BCUT2D eigenvalue weighted by molar-refractivity contribution is 7.15. The summed E-state index contributed by atoms with van der Waals surface area (Å²) in [6.07, 6.45) is 3.75. The Morgan fingerprint density at radius 3 is 2.32 bits per heavy atom. The van der Waals surface area contributed by atoms with E-state index in [1.165, 1.54) is 11.3 Å². The molecule has 0 bridgehead atoms. The van der Waals surface area contributed by atoms with Crippen LogP contribution in [0.3, 0.4) is 0 Å². The van der Waals surface area contributed by atoms with Crippen molar-refractivity contribution in [3.05, 3.63) is 93.6 Å². The molecule has 0 saturated carbocycles. The SMILES string of the molecule is Cc1cccc(CC(=O)Nc2ccc(CCCCc3nnc(NC(=O)Cc4cccc(C#N)c4)s3)nn2)c1. The van der Waals surface area contributed by atoms with Crippen molar-refractivity contribution in [3.8, 4) is 6.07 Å². The number of carbonyl (C=O) groups excluding carboxylic acids is 2. The molecule has 0 aliphatic heterocycles. The molecule has 2 aromatic heterocycles. The predicted octanol–water partition coefficient (Wildman–Crippen LogP) is 4.44. The first-order chi connectivity index (χ1) is 18.5. The smallest absolute Gasteiger partial charge is 0.230 e. The lowest BCUT2D eigenvalue weighted by Crippen LogP contribution is -2.16. The van der Waals surface area contributed by atoms with Crippen LogP contribution in [0, 0.1) is 18.3 Å². The monoisotopic (exact) mass is 525 g/mol. The summed E-state index contributed by atoms with van der Waals surface area (Å²) in [6, 6.07) is 20.6. The Kier molecular flexibility index (Phi) is 9.21. The Labute approximate surface area is 225 Å². The van der Waals surface area contributed by atoms with E-state index < -0.39 is 0 Å². The highest BCUT2D eigenvalue weighted by Crippen LogP contribution is 2.18. The van der Waals surface area contributed by atoms with Gasteiger partial charge in [-0.1, -0.05) is 53.3 Å². The number of aryl methyl sites for hydroxylation is 3. The molecule has 0 atom stereocenters. The van der Waals surface area contributed by atoms with Crippen LogP contribution in [0.25, 0.3) is 0 Å². The molecule has 0 radical (unpaired) electrons. The molecule has 2 amide bonds. The maximum absolute atomic E-state index is 12.3. The van der Waals surface area contributed by atoms with Crippen molar-refractivity contribution in [2.45, 2.75) is 45.4 Å². The van der Waals surface area contributed by atoms with Crippen LogP contribution in [-0.4, -0.2) is 32.2 Å². The van der Waals surface area contributed by atoms with E-state index in [4.69, 9.17) is 5.26 Å². The Hall–Kier alpha value is -4.49. The zero-order valence-corrected chi connectivity index (χ0v) is 21.8. The van der Waals surface area contributed by atoms with Crippen LogP contribution in [-0.2, 0) is 35.3 Å². The molecule has 0 fully saturated rings. The number of nitriles is 1. The van der Waals surface area contributed by atoms with Gasteiger partial charge in [0.2, 0.25) is 16.9 Å². The molecule has 2 heterocycles. The second-order valence-electron chi connectivity index (χ2n) is 8.87. The van der Waals surface area contributed by atoms with Crippen molar-refractivity contribution in [2.75, 3.05) is 10.6 Å². The van der Waals surface area contributed by atoms with E-state index in [0.29, 0.717) is 22.9 Å². The highest BCUT2D eigenvalue weighted by atomic mass is 32.1. The Morgan fingerprint density at radius 2 is 1.58 bits per heavy atom.